The summed E-state index contributed by atoms with van der Waals surface area (Å²) in [7, 11) is -2.32. The van der Waals surface area contributed by atoms with E-state index in [1.807, 2.05) is 6.92 Å². The third-order valence-electron chi connectivity index (χ3n) is 4.11. The SMILES string of the molecule is CCSc1nnc(NC(=O)/C=C/c2ccc(OC)c(S(=O)(=O)N3CCOCC3)c2)s1. The number of carbonyl (C=O) groups is 1. The fraction of sp³-hybridized carbons (Fsp3) is 0.389. The molecule has 1 aromatic heterocycles. The van der Waals surface area contributed by atoms with Gasteiger partial charge in [0.15, 0.2) is 4.34 Å². The van der Waals surface area contributed by atoms with Gasteiger partial charge in [0.25, 0.3) is 0 Å². The monoisotopic (exact) mass is 470 g/mol. The van der Waals surface area contributed by atoms with E-state index in [-0.39, 0.29) is 29.6 Å². The number of nitrogens with zero attached hydrogens (tertiary/aromatic N) is 3. The number of morpholine rings is 1. The number of methoxy groups -OCH3 is 1. The van der Waals surface area contributed by atoms with Crippen molar-refractivity contribution in [2.75, 3.05) is 44.5 Å². The maximum absolute atomic E-state index is 13.0. The molecule has 1 aromatic carbocycles. The molecule has 0 bridgehead atoms. The van der Waals surface area contributed by atoms with Gasteiger partial charge in [0.1, 0.15) is 10.6 Å². The summed E-state index contributed by atoms with van der Waals surface area (Å²) >= 11 is 2.84. The van der Waals surface area contributed by atoms with Crippen LogP contribution in [0.1, 0.15) is 12.5 Å². The van der Waals surface area contributed by atoms with E-state index in [0.29, 0.717) is 23.9 Å². The van der Waals surface area contributed by atoms with Crippen molar-refractivity contribution in [3.05, 3.63) is 29.8 Å². The number of carbonyl (C=O) groups excluding carboxylic acids is 1. The smallest absolute Gasteiger partial charge is 0.250 e. The molecule has 0 radical (unpaired) electrons. The minimum Gasteiger partial charge on any atom is -0.495 e. The minimum absolute atomic E-state index is 0.0554. The van der Waals surface area contributed by atoms with Gasteiger partial charge in [-0.1, -0.05) is 36.1 Å². The minimum atomic E-state index is -3.74. The Hall–Kier alpha value is -1.99. The summed E-state index contributed by atoms with van der Waals surface area (Å²) in [5.41, 5.74) is 0.553. The Balaban J connectivity index is 1.75. The molecule has 0 saturated carbocycles. The van der Waals surface area contributed by atoms with Gasteiger partial charge in [-0.15, -0.1) is 10.2 Å². The van der Waals surface area contributed by atoms with E-state index in [1.165, 1.54) is 41.0 Å². The molecule has 1 saturated heterocycles. The first-order valence-corrected chi connectivity index (χ1v) is 12.4. The van der Waals surface area contributed by atoms with Crippen molar-refractivity contribution in [1.82, 2.24) is 14.5 Å². The van der Waals surface area contributed by atoms with Crippen molar-refractivity contribution >= 4 is 50.2 Å². The Morgan fingerprint density at radius 3 is 2.83 bits per heavy atom. The Kier molecular flexibility index (Phi) is 7.83. The van der Waals surface area contributed by atoms with Crippen LogP contribution in [0.5, 0.6) is 5.75 Å². The number of nitrogens with one attached hydrogen (secondary N) is 1. The third-order valence-corrected chi connectivity index (χ3v) is 7.88. The summed E-state index contributed by atoms with van der Waals surface area (Å²) < 4.78 is 38.7. The predicted octanol–water partition coefficient (Wildman–Crippen LogP) is 2.33. The highest BCUT2D eigenvalue weighted by atomic mass is 32.2. The van der Waals surface area contributed by atoms with Crippen molar-refractivity contribution in [3.8, 4) is 5.75 Å². The maximum atomic E-state index is 13.0. The van der Waals surface area contributed by atoms with Crippen molar-refractivity contribution < 1.29 is 22.7 Å². The average molecular weight is 471 g/mol. The number of amides is 1. The van der Waals surface area contributed by atoms with E-state index in [2.05, 4.69) is 15.5 Å². The molecule has 0 unspecified atom stereocenters. The number of aromatic nitrogens is 2. The van der Waals surface area contributed by atoms with E-state index >= 15 is 0 Å². The Morgan fingerprint density at radius 1 is 1.37 bits per heavy atom. The second-order valence-corrected chi connectivity index (χ2v) is 10.5. The normalized spacial score (nSPS) is 15.4. The van der Waals surface area contributed by atoms with Gasteiger partial charge >= 0.3 is 0 Å². The molecule has 1 N–H and O–H groups in total. The molecule has 1 amide bonds. The van der Waals surface area contributed by atoms with Gasteiger partial charge in [0.05, 0.1) is 20.3 Å². The predicted molar refractivity (Wildman–Crippen MR) is 117 cm³/mol. The molecule has 1 fully saturated rings. The average Bonchev–Trinajstić information content (AvgIpc) is 3.19. The molecule has 9 nitrogen and oxygen atoms in total. The lowest BCUT2D eigenvalue weighted by Crippen LogP contribution is -2.40. The van der Waals surface area contributed by atoms with Crippen LogP contribution < -0.4 is 10.1 Å². The molecular formula is C18H22N4O5S3. The third kappa shape index (κ3) is 5.58. The van der Waals surface area contributed by atoms with Gasteiger partial charge in [0.2, 0.25) is 21.1 Å². The van der Waals surface area contributed by atoms with Crippen LogP contribution in [0.15, 0.2) is 33.5 Å². The first kappa shape index (κ1) is 22.7. The van der Waals surface area contributed by atoms with Crippen LogP contribution in [0.4, 0.5) is 5.13 Å². The zero-order valence-electron chi connectivity index (χ0n) is 16.5. The molecule has 1 aliphatic heterocycles. The number of hydrogen-bond acceptors (Lipinski definition) is 9. The van der Waals surface area contributed by atoms with Gasteiger partial charge in [-0.05, 0) is 29.5 Å². The molecular weight excluding hydrogens is 448 g/mol. The van der Waals surface area contributed by atoms with Crippen molar-refractivity contribution in [3.63, 3.8) is 0 Å². The summed E-state index contributed by atoms with van der Waals surface area (Å²) in [5.74, 6) is 0.737. The first-order chi connectivity index (χ1) is 14.4. The van der Waals surface area contributed by atoms with E-state index < -0.39 is 10.0 Å². The van der Waals surface area contributed by atoms with Crippen LogP contribution in [0.3, 0.4) is 0 Å². The van der Waals surface area contributed by atoms with Gasteiger partial charge in [-0.25, -0.2) is 8.42 Å². The molecule has 0 aliphatic carbocycles. The van der Waals surface area contributed by atoms with Gasteiger partial charge < -0.3 is 9.47 Å². The maximum Gasteiger partial charge on any atom is 0.250 e. The molecule has 0 spiro atoms. The standard InChI is InChI=1S/C18H22N4O5S3/c1-3-28-18-21-20-17(29-18)19-16(23)7-5-13-4-6-14(26-2)15(12-13)30(24,25)22-8-10-27-11-9-22/h4-7,12H,3,8-11H2,1-2H3,(H,19,20,23)/b7-5+. The highest BCUT2D eigenvalue weighted by Crippen LogP contribution is 2.29. The second-order valence-electron chi connectivity index (χ2n) is 6.06. The molecule has 0 atom stereocenters. The number of sulfonamides is 1. The lowest BCUT2D eigenvalue weighted by molar-refractivity contribution is -0.111. The number of anilines is 1. The fourth-order valence-corrected chi connectivity index (χ4v) is 5.94. The largest absolute Gasteiger partial charge is 0.495 e. The number of thioether (sulfide) groups is 1. The number of benzene rings is 1. The van der Waals surface area contributed by atoms with Crippen molar-refractivity contribution in [2.24, 2.45) is 0 Å². The highest BCUT2D eigenvalue weighted by Gasteiger charge is 2.29. The Bertz CT molecular complexity index is 1020. The summed E-state index contributed by atoms with van der Waals surface area (Å²) in [4.78, 5) is 12.2. The summed E-state index contributed by atoms with van der Waals surface area (Å²) in [6, 6.07) is 4.75. The van der Waals surface area contributed by atoms with Crippen LogP contribution in [0, 0.1) is 0 Å². The topological polar surface area (TPSA) is 111 Å². The molecule has 30 heavy (non-hydrogen) atoms. The molecule has 2 heterocycles. The summed E-state index contributed by atoms with van der Waals surface area (Å²) in [5, 5.41) is 11.0. The van der Waals surface area contributed by atoms with Crippen molar-refractivity contribution in [2.45, 2.75) is 16.2 Å². The summed E-state index contributed by atoms with van der Waals surface area (Å²) in [6.07, 6.45) is 2.86. The number of hydrogen-bond donors (Lipinski definition) is 1. The molecule has 3 rings (SSSR count). The number of ether oxygens (including phenoxy) is 2. The summed E-state index contributed by atoms with van der Waals surface area (Å²) in [6.45, 7) is 3.29. The second kappa shape index (κ2) is 10.4. The van der Waals surface area contributed by atoms with Gasteiger partial charge in [-0.3, -0.25) is 10.1 Å². The van der Waals surface area contributed by atoms with Gasteiger partial charge in [-0.2, -0.15) is 4.31 Å². The number of rotatable bonds is 8. The zero-order valence-corrected chi connectivity index (χ0v) is 19.0. The first-order valence-electron chi connectivity index (χ1n) is 9.15. The van der Waals surface area contributed by atoms with Crippen molar-refractivity contribution in [1.29, 1.82) is 0 Å². The lowest BCUT2D eigenvalue weighted by Gasteiger charge is -2.26. The Morgan fingerprint density at radius 2 is 2.13 bits per heavy atom. The van der Waals surface area contributed by atoms with Crippen LogP contribution in [0.2, 0.25) is 0 Å². The van der Waals surface area contributed by atoms with E-state index in [9.17, 15) is 13.2 Å². The van der Waals surface area contributed by atoms with Crippen LogP contribution in [-0.4, -0.2) is 68.0 Å². The zero-order chi connectivity index (χ0) is 21.6. The molecule has 1 aliphatic rings. The van der Waals surface area contributed by atoms with Gasteiger partial charge in [0, 0.05) is 19.2 Å². The fourth-order valence-electron chi connectivity index (χ4n) is 2.69. The molecule has 162 valence electrons. The quantitative estimate of drug-likeness (QED) is 0.356. The lowest BCUT2D eigenvalue weighted by atomic mass is 10.2. The van der Waals surface area contributed by atoms with Crippen LogP contribution >= 0.6 is 23.1 Å². The Labute approximate surface area is 183 Å². The van der Waals surface area contributed by atoms with E-state index in [1.54, 1.807) is 23.9 Å². The van der Waals surface area contributed by atoms with Crippen LogP contribution in [-0.2, 0) is 19.6 Å². The highest BCUT2D eigenvalue weighted by molar-refractivity contribution is 8.01. The van der Waals surface area contributed by atoms with E-state index in [4.69, 9.17) is 9.47 Å². The van der Waals surface area contributed by atoms with E-state index in [0.717, 1.165) is 10.1 Å². The van der Waals surface area contributed by atoms with Crippen LogP contribution in [0.25, 0.3) is 6.08 Å². The molecule has 12 heteroatoms. The molecule has 2 aromatic rings.